The van der Waals surface area contributed by atoms with Gasteiger partial charge < -0.3 is 10.1 Å². The fourth-order valence-corrected chi connectivity index (χ4v) is 2.86. The molecule has 0 radical (unpaired) electrons. The van der Waals surface area contributed by atoms with E-state index in [0.29, 0.717) is 24.7 Å². The Morgan fingerprint density at radius 2 is 2.00 bits per heavy atom. The van der Waals surface area contributed by atoms with E-state index in [2.05, 4.69) is 26.6 Å². The Bertz CT molecular complexity index is 879. The lowest BCUT2D eigenvalue weighted by Gasteiger charge is -2.25. The second kappa shape index (κ2) is 6.72. The van der Waals surface area contributed by atoms with Crippen molar-refractivity contribution in [3.8, 4) is 11.6 Å². The Hall–Kier alpha value is -3.22. The molecule has 7 nitrogen and oxygen atoms in total. The third-order valence-electron chi connectivity index (χ3n) is 4.16. The van der Waals surface area contributed by atoms with Gasteiger partial charge in [-0.1, -0.05) is 24.3 Å². The van der Waals surface area contributed by atoms with Crippen LogP contribution in [0.15, 0.2) is 55.1 Å². The van der Waals surface area contributed by atoms with Crippen molar-refractivity contribution in [3.05, 3.63) is 66.4 Å². The minimum absolute atomic E-state index is 0.200. The van der Waals surface area contributed by atoms with Crippen molar-refractivity contribution >= 4 is 5.91 Å². The molecule has 0 aliphatic carbocycles. The molecule has 2 aromatic heterocycles. The summed E-state index contributed by atoms with van der Waals surface area (Å²) in [6.45, 7) is 1.15. The van der Waals surface area contributed by atoms with Gasteiger partial charge in [0.15, 0.2) is 0 Å². The fourth-order valence-electron chi connectivity index (χ4n) is 2.86. The van der Waals surface area contributed by atoms with Crippen LogP contribution in [0.1, 0.15) is 16.1 Å². The van der Waals surface area contributed by atoms with Crippen LogP contribution in [0.3, 0.4) is 0 Å². The fraction of sp³-hybridized carbons (Fsp3) is 0.222. The first-order valence-corrected chi connectivity index (χ1v) is 8.10. The van der Waals surface area contributed by atoms with Crippen LogP contribution in [0.2, 0.25) is 0 Å². The molecule has 3 aromatic rings. The molecular formula is C18H17N5O2. The molecule has 1 aliphatic heterocycles. The van der Waals surface area contributed by atoms with E-state index >= 15 is 0 Å². The monoisotopic (exact) mass is 335 g/mol. The topological polar surface area (TPSA) is 81.9 Å². The second-order valence-electron chi connectivity index (χ2n) is 5.95. The van der Waals surface area contributed by atoms with Gasteiger partial charge in [0.1, 0.15) is 29.9 Å². The van der Waals surface area contributed by atoms with Gasteiger partial charge in [0.2, 0.25) is 0 Å². The molecule has 0 spiro atoms. The molecule has 0 bridgehead atoms. The molecule has 1 atom stereocenters. The van der Waals surface area contributed by atoms with Crippen LogP contribution >= 0.6 is 0 Å². The van der Waals surface area contributed by atoms with Crippen molar-refractivity contribution in [2.75, 3.05) is 13.2 Å². The maximum atomic E-state index is 12.4. The summed E-state index contributed by atoms with van der Waals surface area (Å²) in [5.41, 5.74) is 1.55. The summed E-state index contributed by atoms with van der Waals surface area (Å²) in [6.07, 6.45) is 3.98. The molecular weight excluding hydrogens is 318 g/mol. The number of para-hydroxylation sites is 1. The van der Waals surface area contributed by atoms with Crippen molar-refractivity contribution in [1.29, 1.82) is 0 Å². The van der Waals surface area contributed by atoms with E-state index in [4.69, 9.17) is 4.74 Å². The van der Waals surface area contributed by atoms with E-state index in [1.165, 1.54) is 5.56 Å². The van der Waals surface area contributed by atoms with Crippen molar-refractivity contribution in [3.63, 3.8) is 0 Å². The Morgan fingerprint density at radius 3 is 2.88 bits per heavy atom. The summed E-state index contributed by atoms with van der Waals surface area (Å²) in [7, 11) is 0. The normalized spacial score (nSPS) is 15.9. The lowest BCUT2D eigenvalue weighted by atomic mass is 9.97. The Kier molecular flexibility index (Phi) is 4.12. The molecule has 0 unspecified atom stereocenters. The first kappa shape index (κ1) is 15.3. The van der Waals surface area contributed by atoms with Crippen LogP contribution in [0, 0.1) is 5.92 Å². The van der Waals surface area contributed by atoms with E-state index in [-0.39, 0.29) is 11.8 Å². The third-order valence-corrected chi connectivity index (χ3v) is 4.16. The maximum absolute atomic E-state index is 12.4. The summed E-state index contributed by atoms with van der Waals surface area (Å²) in [5, 5.41) is 10.4. The highest BCUT2D eigenvalue weighted by Gasteiger charge is 2.20. The number of rotatable bonds is 4. The predicted octanol–water partition coefficient (Wildman–Crippen LogP) is 1.64. The minimum Gasteiger partial charge on any atom is -0.493 e. The van der Waals surface area contributed by atoms with Crippen LogP contribution in [0.25, 0.3) is 5.82 Å². The molecule has 4 rings (SSSR count). The summed E-state index contributed by atoms with van der Waals surface area (Å²) >= 11 is 0. The van der Waals surface area contributed by atoms with Gasteiger partial charge in [-0.3, -0.25) is 9.36 Å². The zero-order valence-electron chi connectivity index (χ0n) is 13.5. The minimum atomic E-state index is -0.200. The number of pyridine rings is 1. The average molecular weight is 335 g/mol. The number of ether oxygens (including phenoxy) is 1. The Morgan fingerprint density at radius 1 is 1.16 bits per heavy atom. The molecule has 1 aliphatic rings. The Balaban J connectivity index is 1.39. The number of benzene rings is 1. The molecule has 7 heteroatoms. The van der Waals surface area contributed by atoms with E-state index < -0.39 is 0 Å². The largest absolute Gasteiger partial charge is 0.493 e. The lowest BCUT2D eigenvalue weighted by Crippen LogP contribution is -2.35. The van der Waals surface area contributed by atoms with Crippen molar-refractivity contribution in [1.82, 2.24) is 25.1 Å². The number of hydrogen-bond acceptors (Lipinski definition) is 5. The average Bonchev–Trinajstić information content (AvgIpc) is 3.21. The van der Waals surface area contributed by atoms with Gasteiger partial charge in [-0.25, -0.2) is 4.98 Å². The number of nitrogens with one attached hydrogen (secondary N) is 1. The number of nitrogens with zero attached hydrogens (tertiary/aromatic N) is 4. The van der Waals surface area contributed by atoms with Gasteiger partial charge in [0, 0.05) is 12.5 Å². The number of amides is 1. The van der Waals surface area contributed by atoms with Crippen LogP contribution in [0.4, 0.5) is 0 Å². The molecule has 25 heavy (non-hydrogen) atoms. The predicted molar refractivity (Wildman–Crippen MR) is 90.6 cm³/mol. The smallest absolute Gasteiger partial charge is 0.269 e. The summed E-state index contributed by atoms with van der Waals surface area (Å²) < 4.78 is 7.41. The summed E-state index contributed by atoms with van der Waals surface area (Å²) in [6, 6.07) is 13.3. The molecule has 1 N–H and O–H groups in total. The highest BCUT2D eigenvalue weighted by molar-refractivity contribution is 5.92. The first-order valence-electron chi connectivity index (χ1n) is 8.10. The van der Waals surface area contributed by atoms with E-state index in [0.717, 1.165) is 12.2 Å². The van der Waals surface area contributed by atoms with Crippen molar-refractivity contribution in [2.24, 2.45) is 5.92 Å². The highest BCUT2D eigenvalue weighted by atomic mass is 16.5. The molecule has 0 saturated carbocycles. The standard InChI is InChI=1S/C18H17N5O2/c24-18(15-5-3-7-17(22-15)23-11-20-21-12-23)19-9-13-8-14-4-1-2-6-16(14)25-10-13/h1-7,11-13H,8-10H2,(H,19,24)/t13-/m0/s1. The van der Waals surface area contributed by atoms with Gasteiger partial charge in [0.25, 0.3) is 5.91 Å². The van der Waals surface area contributed by atoms with Gasteiger partial charge in [0.05, 0.1) is 6.61 Å². The van der Waals surface area contributed by atoms with Gasteiger partial charge in [-0.05, 0) is 30.2 Å². The van der Waals surface area contributed by atoms with Crippen molar-refractivity contribution < 1.29 is 9.53 Å². The zero-order chi connectivity index (χ0) is 17.1. The van der Waals surface area contributed by atoms with E-state index in [9.17, 15) is 4.79 Å². The zero-order valence-corrected chi connectivity index (χ0v) is 13.5. The number of aromatic nitrogens is 4. The SMILES string of the molecule is O=C(NC[C@H]1COc2ccccc2C1)c1cccc(-n2cnnc2)n1. The lowest BCUT2D eigenvalue weighted by molar-refractivity contribution is 0.0934. The second-order valence-corrected chi connectivity index (χ2v) is 5.95. The number of fused-ring (bicyclic) bond motifs is 1. The van der Waals surface area contributed by atoms with Crippen LogP contribution in [-0.2, 0) is 6.42 Å². The Labute approximate surface area is 144 Å². The van der Waals surface area contributed by atoms with Gasteiger partial charge in [-0.2, -0.15) is 0 Å². The molecule has 1 amide bonds. The summed E-state index contributed by atoms with van der Waals surface area (Å²) in [5.74, 6) is 1.59. The van der Waals surface area contributed by atoms with E-state index in [1.54, 1.807) is 35.4 Å². The number of hydrogen-bond donors (Lipinski definition) is 1. The van der Waals surface area contributed by atoms with Crippen LogP contribution < -0.4 is 10.1 Å². The molecule has 126 valence electrons. The first-order chi connectivity index (χ1) is 12.3. The molecule has 0 saturated heterocycles. The molecule has 0 fully saturated rings. The van der Waals surface area contributed by atoms with Gasteiger partial charge >= 0.3 is 0 Å². The van der Waals surface area contributed by atoms with E-state index in [1.807, 2.05) is 18.2 Å². The summed E-state index contributed by atoms with van der Waals surface area (Å²) in [4.78, 5) is 16.8. The molecule has 1 aromatic carbocycles. The van der Waals surface area contributed by atoms with Crippen LogP contribution in [-0.4, -0.2) is 38.8 Å². The highest BCUT2D eigenvalue weighted by Crippen LogP contribution is 2.26. The molecule has 3 heterocycles. The number of carbonyl (C=O) groups is 1. The van der Waals surface area contributed by atoms with Gasteiger partial charge in [-0.15, -0.1) is 10.2 Å². The quantitative estimate of drug-likeness (QED) is 0.784. The number of carbonyl (C=O) groups excluding carboxylic acids is 1. The third kappa shape index (κ3) is 3.35. The van der Waals surface area contributed by atoms with Crippen LogP contribution in [0.5, 0.6) is 5.75 Å². The van der Waals surface area contributed by atoms with Crippen molar-refractivity contribution in [2.45, 2.75) is 6.42 Å². The maximum Gasteiger partial charge on any atom is 0.269 e.